The average Bonchev–Trinajstić information content (AvgIpc) is 2.90. The van der Waals surface area contributed by atoms with Gasteiger partial charge in [-0.25, -0.2) is 0 Å². The van der Waals surface area contributed by atoms with E-state index in [2.05, 4.69) is 17.2 Å². The standard InChI is InChI=1S/C16H19NO3/c1-20-12-6-7-15-13(8-12)14(9-17-15)10-2-4-11(5-3-10)16(18)19/h6-11,17H,2-5H2,1H3,(H,18,19). The van der Waals surface area contributed by atoms with Crippen LogP contribution in [0.2, 0.25) is 0 Å². The van der Waals surface area contributed by atoms with E-state index in [9.17, 15) is 4.79 Å². The summed E-state index contributed by atoms with van der Waals surface area (Å²) in [5, 5.41) is 10.3. The largest absolute Gasteiger partial charge is 0.497 e. The number of hydrogen-bond donors (Lipinski definition) is 2. The van der Waals surface area contributed by atoms with Gasteiger partial charge in [0.2, 0.25) is 0 Å². The van der Waals surface area contributed by atoms with Crippen LogP contribution in [0.3, 0.4) is 0 Å². The lowest BCUT2D eigenvalue weighted by Crippen LogP contribution is -2.20. The third-order valence-corrected chi connectivity index (χ3v) is 4.44. The zero-order chi connectivity index (χ0) is 14.1. The van der Waals surface area contributed by atoms with Gasteiger partial charge in [-0.3, -0.25) is 4.79 Å². The van der Waals surface area contributed by atoms with Crippen molar-refractivity contribution in [1.82, 2.24) is 4.98 Å². The summed E-state index contributed by atoms with van der Waals surface area (Å²) in [5.41, 5.74) is 2.41. The minimum Gasteiger partial charge on any atom is -0.497 e. The summed E-state index contributed by atoms with van der Waals surface area (Å²) in [6.07, 6.45) is 5.51. The fourth-order valence-electron chi connectivity index (χ4n) is 3.24. The van der Waals surface area contributed by atoms with Gasteiger partial charge >= 0.3 is 5.97 Å². The highest BCUT2D eigenvalue weighted by Crippen LogP contribution is 2.39. The number of fused-ring (bicyclic) bond motifs is 1. The lowest BCUT2D eigenvalue weighted by atomic mass is 9.78. The Hall–Kier alpha value is -1.97. The number of benzene rings is 1. The maximum Gasteiger partial charge on any atom is 0.306 e. The molecule has 1 aliphatic carbocycles. The van der Waals surface area contributed by atoms with Crippen LogP contribution >= 0.6 is 0 Å². The Balaban J connectivity index is 1.86. The molecule has 0 amide bonds. The summed E-state index contributed by atoms with van der Waals surface area (Å²) in [5.74, 6) is 0.499. The second-order valence-electron chi connectivity index (χ2n) is 5.54. The van der Waals surface area contributed by atoms with Crippen molar-refractivity contribution in [2.75, 3.05) is 7.11 Å². The van der Waals surface area contributed by atoms with Crippen molar-refractivity contribution in [3.63, 3.8) is 0 Å². The third-order valence-electron chi connectivity index (χ3n) is 4.44. The van der Waals surface area contributed by atoms with Gasteiger partial charge in [-0.05, 0) is 55.4 Å². The van der Waals surface area contributed by atoms with Crippen molar-refractivity contribution in [2.45, 2.75) is 31.6 Å². The number of carbonyl (C=O) groups is 1. The van der Waals surface area contributed by atoms with E-state index in [-0.39, 0.29) is 5.92 Å². The summed E-state index contributed by atoms with van der Waals surface area (Å²) >= 11 is 0. The van der Waals surface area contributed by atoms with Crippen molar-refractivity contribution in [3.8, 4) is 5.75 Å². The van der Waals surface area contributed by atoms with Crippen LogP contribution in [0.25, 0.3) is 10.9 Å². The van der Waals surface area contributed by atoms with E-state index in [1.165, 1.54) is 10.9 Å². The second kappa shape index (κ2) is 5.19. The summed E-state index contributed by atoms with van der Waals surface area (Å²) in [6.45, 7) is 0. The van der Waals surface area contributed by atoms with Crippen LogP contribution in [0.1, 0.15) is 37.2 Å². The Morgan fingerprint density at radius 3 is 2.70 bits per heavy atom. The first-order valence-corrected chi connectivity index (χ1v) is 7.07. The van der Waals surface area contributed by atoms with E-state index in [1.54, 1.807) is 7.11 Å². The number of hydrogen-bond acceptors (Lipinski definition) is 2. The van der Waals surface area contributed by atoms with Crippen LogP contribution in [0, 0.1) is 5.92 Å². The Bertz CT molecular complexity index is 624. The number of carboxylic acid groups (broad SMARTS) is 1. The summed E-state index contributed by atoms with van der Waals surface area (Å²) in [6, 6.07) is 6.04. The van der Waals surface area contributed by atoms with Gasteiger partial charge in [0, 0.05) is 17.1 Å². The minimum absolute atomic E-state index is 0.161. The third kappa shape index (κ3) is 2.26. The molecule has 0 saturated heterocycles. The Morgan fingerprint density at radius 2 is 2.05 bits per heavy atom. The van der Waals surface area contributed by atoms with Gasteiger partial charge in [-0.1, -0.05) is 0 Å². The van der Waals surface area contributed by atoms with Crippen LogP contribution in [0.5, 0.6) is 5.75 Å². The summed E-state index contributed by atoms with van der Waals surface area (Å²) in [4.78, 5) is 14.3. The molecule has 1 saturated carbocycles. The fourth-order valence-corrected chi connectivity index (χ4v) is 3.24. The molecule has 1 aromatic carbocycles. The van der Waals surface area contributed by atoms with Gasteiger partial charge in [0.25, 0.3) is 0 Å². The molecule has 0 bridgehead atoms. The van der Waals surface area contributed by atoms with E-state index >= 15 is 0 Å². The number of nitrogens with one attached hydrogen (secondary N) is 1. The van der Waals surface area contributed by atoms with Gasteiger partial charge in [0.1, 0.15) is 5.75 Å². The molecule has 2 N–H and O–H groups in total. The number of aromatic nitrogens is 1. The zero-order valence-electron chi connectivity index (χ0n) is 11.6. The smallest absolute Gasteiger partial charge is 0.306 e. The highest BCUT2D eigenvalue weighted by molar-refractivity contribution is 5.85. The predicted octanol–water partition coefficient (Wildman–Crippen LogP) is 3.53. The lowest BCUT2D eigenvalue weighted by molar-refractivity contribution is -0.142. The molecule has 0 spiro atoms. The van der Waals surface area contributed by atoms with Crippen LogP contribution in [-0.2, 0) is 4.79 Å². The molecule has 0 atom stereocenters. The molecule has 0 aliphatic heterocycles. The number of methoxy groups -OCH3 is 1. The number of aromatic amines is 1. The first-order valence-electron chi connectivity index (χ1n) is 7.07. The fraction of sp³-hybridized carbons (Fsp3) is 0.438. The van der Waals surface area contributed by atoms with Crippen molar-refractivity contribution in [2.24, 2.45) is 5.92 Å². The molecule has 1 aromatic heterocycles. The Kier molecular flexibility index (Phi) is 3.38. The molecule has 20 heavy (non-hydrogen) atoms. The summed E-state index contributed by atoms with van der Waals surface area (Å²) in [7, 11) is 1.67. The minimum atomic E-state index is -0.649. The van der Waals surface area contributed by atoms with E-state index in [4.69, 9.17) is 9.84 Å². The first kappa shape index (κ1) is 13.0. The molecular weight excluding hydrogens is 254 g/mol. The van der Waals surface area contributed by atoms with Gasteiger partial charge in [0.15, 0.2) is 0 Å². The molecule has 2 aromatic rings. The normalized spacial score (nSPS) is 22.9. The zero-order valence-corrected chi connectivity index (χ0v) is 11.6. The van der Waals surface area contributed by atoms with Gasteiger partial charge in [-0.15, -0.1) is 0 Å². The Labute approximate surface area is 117 Å². The molecule has 4 nitrogen and oxygen atoms in total. The van der Waals surface area contributed by atoms with E-state index in [1.807, 2.05) is 12.1 Å². The quantitative estimate of drug-likeness (QED) is 0.899. The molecule has 0 unspecified atom stereocenters. The highest BCUT2D eigenvalue weighted by atomic mass is 16.5. The molecule has 1 aliphatic rings. The summed E-state index contributed by atoms with van der Waals surface area (Å²) < 4.78 is 5.29. The molecule has 3 rings (SSSR count). The molecule has 4 heteroatoms. The molecule has 1 fully saturated rings. The monoisotopic (exact) mass is 273 g/mol. The van der Waals surface area contributed by atoms with Crippen LogP contribution in [0.4, 0.5) is 0 Å². The maximum absolute atomic E-state index is 11.0. The average molecular weight is 273 g/mol. The van der Waals surface area contributed by atoms with Crippen molar-refractivity contribution < 1.29 is 14.6 Å². The van der Waals surface area contributed by atoms with Gasteiger partial charge < -0.3 is 14.8 Å². The number of H-pyrrole nitrogens is 1. The maximum atomic E-state index is 11.0. The van der Waals surface area contributed by atoms with Crippen molar-refractivity contribution in [1.29, 1.82) is 0 Å². The van der Waals surface area contributed by atoms with Crippen molar-refractivity contribution >= 4 is 16.9 Å². The molecule has 1 heterocycles. The Morgan fingerprint density at radius 1 is 1.30 bits per heavy atom. The van der Waals surface area contributed by atoms with Crippen LogP contribution in [-0.4, -0.2) is 23.2 Å². The number of aliphatic carboxylic acids is 1. The second-order valence-corrected chi connectivity index (χ2v) is 5.54. The van der Waals surface area contributed by atoms with Gasteiger partial charge in [-0.2, -0.15) is 0 Å². The van der Waals surface area contributed by atoms with Crippen LogP contribution in [0.15, 0.2) is 24.4 Å². The number of ether oxygens (including phenoxy) is 1. The topological polar surface area (TPSA) is 62.3 Å². The lowest BCUT2D eigenvalue weighted by Gasteiger charge is -2.25. The van der Waals surface area contributed by atoms with E-state index in [0.29, 0.717) is 5.92 Å². The number of carboxylic acids is 1. The van der Waals surface area contributed by atoms with E-state index in [0.717, 1.165) is 36.9 Å². The first-order chi connectivity index (χ1) is 9.69. The van der Waals surface area contributed by atoms with Crippen molar-refractivity contribution in [3.05, 3.63) is 30.0 Å². The van der Waals surface area contributed by atoms with Gasteiger partial charge in [0.05, 0.1) is 13.0 Å². The molecule has 106 valence electrons. The van der Waals surface area contributed by atoms with Crippen LogP contribution < -0.4 is 4.74 Å². The molecule has 0 radical (unpaired) electrons. The SMILES string of the molecule is COc1ccc2[nH]cc(C3CCC(C(=O)O)CC3)c2c1. The number of rotatable bonds is 3. The highest BCUT2D eigenvalue weighted by Gasteiger charge is 2.27. The molecular formula is C16H19NO3. The predicted molar refractivity (Wildman–Crippen MR) is 77.2 cm³/mol. The van der Waals surface area contributed by atoms with E-state index < -0.39 is 5.97 Å².